The maximum absolute atomic E-state index is 11.4. The number of carbonyl (C=O) groups excluding carboxylic acids is 1. The van der Waals surface area contributed by atoms with E-state index in [-0.39, 0.29) is 11.4 Å². The Kier molecular flexibility index (Phi) is 5.57. The van der Waals surface area contributed by atoms with Crippen LogP contribution >= 0.6 is 11.8 Å². The zero-order valence-electron chi connectivity index (χ0n) is 10.1. The van der Waals surface area contributed by atoms with Crippen LogP contribution in [0.3, 0.4) is 0 Å². The van der Waals surface area contributed by atoms with E-state index >= 15 is 0 Å². The van der Waals surface area contributed by atoms with Gasteiger partial charge in [0.15, 0.2) is 0 Å². The van der Waals surface area contributed by atoms with Gasteiger partial charge in [0.2, 0.25) is 0 Å². The molecule has 1 unspecified atom stereocenters. The molecule has 84 valence electrons. The molecule has 0 aromatic carbocycles. The van der Waals surface area contributed by atoms with Gasteiger partial charge in [0.1, 0.15) is 0 Å². The number of hydrogen-bond donors (Lipinski definition) is 0. The van der Waals surface area contributed by atoms with Crippen LogP contribution < -0.4 is 0 Å². The number of hydrogen-bond acceptors (Lipinski definition) is 3. The van der Waals surface area contributed by atoms with E-state index < -0.39 is 0 Å². The molecule has 0 rings (SSSR count). The Morgan fingerprint density at radius 3 is 2.21 bits per heavy atom. The molecule has 1 atom stereocenters. The lowest BCUT2D eigenvalue weighted by Crippen LogP contribution is -2.29. The number of esters is 1. The molecule has 14 heavy (non-hydrogen) atoms. The molecule has 0 heterocycles. The normalized spacial score (nSPS) is 14.2. The van der Waals surface area contributed by atoms with Crippen LogP contribution in [0.25, 0.3) is 0 Å². The van der Waals surface area contributed by atoms with E-state index in [4.69, 9.17) is 4.74 Å². The minimum atomic E-state index is -0.372. The predicted octanol–water partition coefficient (Wildman–Crippen LogP) is 2.96. The molecule has 0 aliphatic heterocycles. The first-order valence-electron chi connectivity index (χ1n) is 5.01. The summed E-state index contributed by atoms with van der Waals surface area (Å²) in [6, 6.07) is 0. The zero-order valence-corrected chi connectivity index (χ0v) is 10.9. The fraction of sp³-hybridized carbons (Fsp3) is 0.909. The van der Waals surface area contributed by atoms with Gasteiger partial charge in [-0.05, 0) is 19.8 Å². The third-order valence-corrected chi connectivity index (χ3v) is 4.34. The van der Waals surface area contributed by atoms with Crippen molar-refractivity contribution in [1.82, 2.24) is 0 Å². The number of ether oxygens (including phenoxy) is 1. The van der Waals surface area contributed by atoms with E-state index in [0.717, 1.165) is 5.75 Å². The maximum atomic E-state index is 11.4. The van der Waals surface area contributed by atoms with Crippen LogP contribution in [0.1, 0.15) is 34.6 Å². The average molecular weight is 218 g/mol. The summed E-state index contributed by atoms with van der Waals surface area (Å²) in [4.78, 5) is 11.4. The van der Waals surface area contributed by atoms with Crippen LogP contribution in [-0.4, -0.2) is 24.1 Å². The molecule has 0 aromatic heterocycles. The van der Waals surface area contributed by atoms with E-state index in [2.05, 4.69) is 20.8 Å². The summed E-state index contributed by atoms with van der Waals surface area (Å²) >= 11 is 1.83. The van der Waals surface area contributed by atoms with E-state index in [1.165, 1.54) is 7.11 Å². The molecular formula is C11H22O2S. The fourth-order valence-corrected chi connectivity index (χ4v) is 2.05. The Labute approximate surface area is 91.8 Å². The van der Waals surface area contributed by atoms with Crippen molar-refractivity contribution in [3.63, 3.8) is 0 Å². The van der Waals surface area contributed by atoms with Crippen LogP contribution in [-0.2, 0) is 9.53 Å². The first-order chi connectivity index (χ1) is 6.31. The van der Waals surface area contributed by atoms with Gasteiger partial charge in [0, 0.05) is 11.0 Å². The topological polar surface area (TPSA) is 26.3 Å². The summed E-state index contributed by atoms with van der Waals surface area (Å²) < 4.78 is 4.76. The van der Waals surface area contributed by atoms with Crippen molar-refractivity contribution in [3.8, 4) is 0 Å². The highest BCUT2D eigenvalue weighted by molar-refractivity contribution is 7.99. The zero-order chi connectivity index (χ0) is 11.4. The molecule has 0 aliphatic carbocycles. The summed E-state index contributed by atoms with van der Waals surface area (Å²) in [7, 11) is 1.45. The number of methoxy groups -OCH3 is 1. The molecule has 3 heteroatoms. The van der Waals surface area contributed by atoms with E-state index in [0.29, 0.717) is 11.2 Å². The van der Waals surface area contributed by atoms with Crippen LogP contribution in [0, 0.1) is 11.3 Å². The van der Waals surface area contributed by atoms with Gasteiger partial charge in [-0.3, -0.25) is 4.79 Å². The summed E-state index contributed by atoms with van der Waals surface area (Å²) in [5.74, 6) is 1.34. The first-order valence-corrected chi connectivity index (χ1v) is 6.06. The smallest absolute Gasteiger partial charge is 0.312 e. The van der Waals surface area contributed by atoms with Gasteiger partial charge in [-0.15, -0.1) is 0 Å². The Balaban J connectivity index is 4.05. The lowest BCUT2D eigenvalue weighted by Gasteiger charge is -2.24. The Hall–Kier alpha value is -0.180. The van der Waals surface area contributed by atoms with Gasteiger partial charge in [-0.1, -0.05) is 20.8 Å². The van der Waals surface area contributed by atoms with Crippen molar-refractivity contribution in [1.29, 1.82) is 0 Å². The Morgan fingerprint density at radius 1 is 1.36 bits per heavy atom. The summed E-state index contributed by atoms with van der Waals surface area (Å²) in [5.41, 5.74) is -0.372. The van der Waals surface area contributed by atoms with Crippen LogP contribution in [0.2, 0.25) is 0 Å². The van der Waals surface area contributed by atoms with Gasteiger partial charge in [0.05, 0.1) is 12.5 Å². The molecule has 0 saturated carbocycles. The van der Waals surface area contributed by atoms with Crippen LogP contribution in [0.4, 0.5) is 0 Å². The maximum Gasteiger partial charge on any atom is 0.312 e. The predicted molar refractivity (Wildman–Crippen MR) is 62.6 cm³/mol. The monoisotopic (exact) mass is 218 g/mol. The van der Waals surface area contributed by atoms with Crippen molar-refractivity contribution in [2.75, 3.05) is 12.9 Å². The molecule has 0 saturated heterocycles. The van der Waals surface area contributed by atoms with Crippen molar-refractivity contribution < 1.29 is 9.53 Å². The SMILES string of the molecule is COC(=O)C(C)(C)CSC(C)C(C)C. The molecule has 0 amide bonds. The fourth-order valence-electron chi connectivity index (χ4n) is 0.867. The van der Waals surface area contributed by atoms with Gasteiger partial charge >= 0.3 is 5.97 Å². The Bertz CT molecular complexity index is 188. The highest BCUT2D eigenvalue weighted by Crippen LogP contribution is 2.28. The van der Waals surface area contributed by atoms with E-state index in [1.54, 1.807) is 0 Å². The van der Waals surface area contributed by atoms with E-state index in [9.17, 15) is 4.79 Å². The van der Waals surface area contributed by atoms with Crippen molar-refractivity contribution in [3.05, 3.63) is 0 Å². The van der Waals surface area contributed by atoms with Gasteiger partial charge in [0.25, 0.3) is 0 Å². The molecule has 0 bridgehead atoms. The lowest BCUT2D eigenvalue weighted by atomic mass is 9.97. The molecule has 0 N–H and O–H groups in total. The molecule has 2 nitrogen and oxygen atoms in total. The van der Waals surface area contributed by atoms with Crippen molar-refractivity contribution >= 4 is 17.7 Å². The van der Waals surface area contributed by atoms with Gasteiger partial charge in [-0.2, -0.15) is 11.8 Å². The quantitative estimate of drug-likeness (QED) is 0.664. The van der Waals surface area contributed by atoms with Crippen LogP contribution in [0.15, 0.2) is 0 Å². The second-order valence-electron chi connectivity index (χ2n) is 4.64. The average Bonchev–Trinajstić information content (AvgIpc) is 2.12. The Morgan fingerprint density at radius 2 is 1.86 bits per heavy atom. The standard InChI is InChI=1S/C11H22O2S/c1-8(2)9(3)14-7-11(4,5)10(12)13-6/h8-9H,7H2,1-6H3. The first kappa shape index (κ1) is 13.8. The molecule has 0 aromatic rings. The minimum Gasteiger partial charge on any atom is -0.469 e. The van der Waals surface area contributed by atoms with Gasteiger partial charge < -0.3 is 4.74 Å². The molecule has 0 aliphatic rings. The molecule has 0 radical (unpaired) electrons. The van der Waals surface area contributed by atoms with E-state index in [1.807, 2.05) is 25.6 Å². The molecule has 0 fully saturated rings. The minimum absolute atomic E-state index is 0.124. The number of thioether (sulfide) groups is 1. The highest BCUT2D eigenvalue weighted by Gasteiger charge is 2.29. The summed E-state index contributed by atoms with van der Waals surface area (Å²) in [6.45, 7) is 10.5. The summed E-state index contributed by atoms with van der Waals surface area (Å²) in [6.07, 6.45) is 0. The van der Waals surface area contributed by atoms with Gasteiger partial charge in [-0.25, -0.2) is 0 Å². The summed E-state index contributed by atoms with van der Waals surface area (Å²) in [5, 5.41) is 0.582. The van der Waals surface area contributed by atoms with Crippen molar-refractivity contribution in [2.45, 2.75) is 39.9 Å². The van der Waals surface area contributed by atoms with Crippen LogP contribution in [0.5, 0.6) is 0 Å². The third-order valence-electron chi connectivity index (χ3n) is 2.38. The largest absolute Gasteiger partial charge is 0.469 e. The second-order valence-corrected chi connectivity index (χ2v) is 6.00. The number of carbonyl (C=O) groups is 1. The lowest BCUT2D eigenvalue weighted by molar-refractivity contribution is -0.149. The van der Waals surface area contributed by atoms with Crippen molar-refractivity contribution in [2.24, 2.45) is 11.3 Å². The molecular weight excluding hydrogens is 196 g/mol. The molecule has 0 spiro atoms. The third kappa shape index (κ3) is 4.36. The number of rotatable bonds is 5. The highest BCUT2D eigenvalue weighted by atomic mass is 32.2. The second kappa shape index (κ2) is 5.64.